The molecule has 1 saturated carbocycles. The summed E-state index contributed by atoms with van der Waals surface area (Å²) in [6.45, 7) is 8.85. The monoisotopic (exact) mass is 400 g/mol. The van der Waals surface area contributed by atoms with Crippen molar-refractivity contribution in [1.29, 1.82) is 0 Å². The molecule has 2 aromatic carbocycles. The van der Waals surface area contributed by atoms with Crippen molar-refractivity contribution in [3.8, 4) is 0 Å². The molecule has 0 radical (unpaired) electrons. The molecule has 1 aliphatic rings. The van der Waals surface area contributed by atoms with Gasteiger partial charge in [-0.2, -0.15) is 0 Å². The molecule has 1 fully saturated rings. The third kappa shape index (κ3) is 18.1. The summed E-state index contributed by atoms with van der Waals surface area (Å²) in [5.74, 6) is 0. The zero-order valence-electron chi connectivity index (χ0n) is 19.2. The van der Waals surface area contributed by atoms with E-state index in [1.54, 1.807) is 0 Å². The van der Waals surface area contributed by atoms with Crippen molar-refractivity contribution in [1.82, 2.24) is 0 Å². The summed E-state index contributed by atoms with van der Waals surface area (Å²) in [6.07, 6.45) is 10.6. The summed E-state index contributed by atoms with van der Waals surface area (Å²) in [7, 11) is 0. The first kappa shape index (κ1) is 27.4. The number of unbranched alkanes of at least 4 members (excludes halogenated alkanes) is 3. The van der Waals surface area contributed by atoms with Crippen LogP contribution in [0.3, 0.4) is 0 Å². The second-order valence-corrected chi connectivity index (χ2v) is 7.82. The molecule has 0 saturated heterocycles. The summed E-state index contributed by atoms with van der Waals surface area (Å²) < 4.78 is 0. The summed E-state index contributed by atoms with van der Waals surface area (Å²) in [4.78, 5) is 0. The van der Waals surface area contributed by atoms with Gasteiger partial charge in [-0.3, -0.25) is 0 Å². The van der Waals surface area contributed by atoms with Gasteiger partial charge in [0.2, 0.25) is 0 Å². The Hall–Kier alpha value is -1.64. The summed E-state index contributed by atoms with van der Waals surface area (Å²) in [6, 6.07) is 18.6. The predicted octanol–water partition coefficient (Wildman–Crippen LogP) is 7.17. The molecular formula is C27H44O2. The maximum absolute atomic E-state index is 8.91. The normalized spacial score (nSPS) is 13.0. The quantitative estimate of drug-likeness (QED) is 0.534. The Labute approximate surface area is 180 Å². The fourth-order valence-electron chi connectivity index (χ4n) is 2.82. The molecule has 2 heteroatoms. The van der Waals surface area contributed by atoms with Crippen molar-refractivity contribution in [2.24, 2.45) is 0 Å². The first-order valence-electron chi connectivity index (χ1n) is 11.3. The Balaban J connectivity index is 0.000000361. The molecule has 2 N–H and O–H groups in total. The van der Waals surface area contributed by atoms with E-state index in [-0.39, 0.29) is 6.10 Å². The predicted molar refractivity (Wildman–Crippen MR) is 127 cm³/mol. The second kappa shape index (κ2) is 19.7. The molecule has 164 valence electrons. The smallest absolute Gasteiger partial charge is 0.0540 e. The first-order valence-corrected chi connectivity index (χ1v) is 11.3. The fourth-order valence-corrected chi connectivity index (χ4v) is 2.82. The van der Waals surface area contributed by atoms with Gasteiger partial charge in [-0.05, 0) is 51.2 Å². The molecule has 0 bridgehead atoms. The van der Waals surface area contributed by atoms with Crippen LogP contribution in [0.15, 0.2) is 54.6 Å². The van der Waals surface area contributed by atoms with Gasteiger partial charge in [0, 0.05) is 6.61 Å². The molecule has 29 heavy (non-hydrogen) atoms. The van der Waals surface area contributed by atoms with E-state index in [1.807, 2.05) is 18.2 Å². The number of aliphatic hydroxyl groups is 2. The van der Waals surface area contributed by atoms with E-state index >= 15 is 0 Å². The topological polar surface area (TPSA) is 40.5 Å². The average molecular weight is 401 g/mol. The van der Waals surface area contributed by atoms with Gasteiger partial charge in [-0.15, -0.1) is 0 Å². The van der Waals surface area contributed by atoms with E-state index < -0.39 is 0 Å². The molecule has 1 aliphatic carbocycles. The maximum atomic E-state index is 8.91. The molecule has 0 aromatic heterocycles. The third-order valence-corrected chi connectivity index (χ3v) is 4.95. The van der Waals surface area contributed by atoms with Gasteiger partial charge in [0.25, 0.3) is 0 Å². The molecule has 0 spiro atoms. The lowest BCUT2D eigenvalue weighted by Gasteiger charge is -2.14. The maximum Gasteiger partial charge on any atom is 0.0540 e. The highest BCUT2D eigenvalue weighted by Crippen LogP contribution is 2.16. The van der Waals surface area contributed by atoms with Crippen LogP contribution in [0.4, 0.5) is 0 Å². The van der Waals surface area contributed by atoms with Gasteiger partial charge < -0.3 is 10.2 Å². The van der Waals surface area contributed by atoms with Gasteiger partial charge in [0.15, 0.2) is 0 Å². The highest BCUT2D eigenvalue weighted by Gasteiger charge is 2.07. The lowest BCUT2D eigenvalue weighted by atomic mass is 9.98. The summed E-state index contributed by atoms with van der Waals surface area (Å²) in [5, 5.41) is 17.2. The van der Waals surface area contributed by atoms with E-state index in [1.165, 1.54) is 55.2 Å². The second-order valence-electron chi connectivity index (χ2n) is 7.82. The molecule has 0 aliphatic heterocycles. The molecular weight excluding hydrogens is 356 g/mol. The highest BCUT2D eigenvalue weighted by atomic mass is 16.3. The molecule has 0 amide bonds. The third-order valence-electron chi connectivity index (χ3n) is 4.95. The van der Waals surface area contributed by atoms with Crippen LogP contribution in [-0.2, 0) is 0 Å². The van der Waals surface area contributed by atoms with Crippen LogP contribution in [0.5, 0.6) is 0 Å². The lowest BCUT2D eigenvalue weighted by Crippen LogP contribution is -2.09. The van der Waals surface area contributed by atoms with Crippen molar-refractivity contribution in [2.75, 3.05) is 6.61 Å². The van der Waals surface area contributed by atoms with Gasteiger partial charge in [-0.25, -0.2) is 0 Å². The summed E-state index contributed by atoms with van der Waals surface area (Å²) in [5.41, 5.74) is 4.06. The van der Waals surface area contributed by atoms with Crippen LogP contribution in [0.2, 0.25) is 0 Å². The van der Waals surface area contributed by atoms with E-state index in [4.69, 9.17) is 10.2 Å². The molecule has 2 aromatic rings. The zero-order chi connectivity index (χ0) is 21.7. The van der Waals surface area contributed by atoms with Crippen molar-refractivity contribution < 1.29 is 10.2 Å². The number of hydrogen-bond donors (Lipinski definition) is 2. The molecule has 0 unspecified atom stereocenters. The Morgan fingerprint density at radius 2 is 1.24 bits per heavy atom. The van der Waals surface area contributed by atoms with Gasteiger partial charge in [0.1, 0.15) is 0 Å². The number of hydrogen-bond acceptors (Lipinski definition) is 2. The molecule has 3 rings (SSSR count). The standard InChI is InChI=1S/C8H10.C7H8.C6H12O.C6H14O/c1-7-5-3-4-6-8(7)2;1-7-5-3-2-4-6-7;7-6-4-2-1-3-5-6;1-2-3-4-5-6-7/h3-6H,1-2H3;2-6H,1H3;6-7H,1-5H2;7H,2-6H2,1H3. The van der Waals surface area contributed by atoms with Crippen molar-refractivity contribution in [3.05, 3.63) is 71.3 Å². The van der Waals surface area contributed by atoms with Crippen LogP contribution in [-0.4, -0.2) is 22.9 Å². The Bertz CT molecular complexity index is 549. The Morgan fingerprint density at radius 1 is 0.724 bits per heavy atom. The van der Waals surface area contributed by atoms with E-state index in [9.17, 15) is 0 Å². The SMILES string of the molecule is CCCCCCO.Cc1ccccc1.Cc1ccccc1C.OC1CCCCC1. The highest BCUT2D eigenvalue weighted by molar-refractivity contribution is 5.23. The Morgan fingerprint density at radius 3 is 1.55 bits per heavy atom. The van der Waals surface area contributed by atoms with Crippen molar-refractivity contribution in [2.45, 2.75) is 91.6 Å². The largest absolute Gasteiger partial charge is 0.396 e. The summed E-state index contributed by atoms with van der Waals surface area (Å²) >= 11 is 0. The minimum atomic E-state index is 0.0359. The van der Waals surface area contributed by atoms with Crippen LogP contribution in [0.25, 0.3) is 0 Å². The van der Waals surface area contributed by atoms with E-state index in [0.29, 0.717) is 6.61 Å². The number of benzene rings is 2. The van der Waals surface area contributed by atoms with Gasteiger partial charge >= 0.3 is 0 Å². The molecule has 2 nitrogen and oxygen atoms in total. The minimum Gasteiger partial charge on any atom is -0.396 e. The Kier molecular flexibility index (Phi) is 18.6. The zero-order valence-corrected chi connectivity index (χ0v) is 19.2. The van der Waals surface area contributed by atoms with E-state index in [0.717, 1.165) is 19.3 Å². The van der Waals surface area contributed by atoms with Crippen LogP contribution in [0.1, 0.15) is 81.4 Å². The van der Waals surface area contributed by atoms with Gasteiger partial charge in [-0.1, -0.05) is 106 Å². The number of aryl methyl sites for hydroxylation is 3. The number of aliphatic hydroxyl groups excluding tert-OH is 2. The van der Waals surface area contributed by atoms with Gasteiger partial charge in [0.05, 0.1) is 6.10 Å². The van der Waals surface area contributed by atoms with Crippen LogP contribution in [0, 0.1) is 20.8 Å². The van der Waals surface area contributed by atoms with Crippen LogP contribution >= 0.6 is 0 Å². The van der Waals surface area contributed by atoms with Crippen molar-refractivity contribution >= 4 is 0 Å². The fraction of sp³-hybridized carbons (Fsp3) is 0.556. The molecule has 0 atom stereocenters. The van der Waals surface area contributed by atoms with Crippen LogP contribution < -0.4 is 0 Å². The minimum absolute atomic E-state index is 0.0359. The lowest BCUT2D eigenvalue weighted by molar-refractivity contribution is 0.130. The van der Waals surface area contributed by atoms with Crippen molar-refractivity contribution in [3.63, 3.8) is 0 Å². The molecule has 0 heterocycles. The average Bonchev–Trinajstić information content (AvgIpc) is 2.73. The number of rotatable bonds is 4. The van der Waals surface area contributed by atoms with E-state index in [2.05, 4.69) is 64.1 Å². The first-order chi connectivity index (χ1) is 14.0.